The summed E-state index contributed by atoms with van der Waals surface area (Å²) in [5.74, 6) is 0.317. The molecule has 0 spiro atoms. The van der Waals surface area contributed by atoms with Crippen LogP contribution in [0.5, 0.6) is 0 Å². The Morgan fingerprint density at radius 1 is 1.18 bits per heavy atom. The fraction of sp³-hybridized carbons (Fsp3) is 0.429. The summed E-state index contributed by atoms with van der Waals surface area (Å²) in [7, 11) is 0. The lowest BCUT2D eigenvalue weighted by Crippen LogP contribution is -2.08. The van der Waals surface area contributed by atoms with E-state index in [0.717, 1.165) is 17.7 Å². The fourth-order valence-electron chi connectivity index (χ4n) is 1.51. The maximum absolute atomic E-state index is 11.5. The van der Waals surface area contributed by atoms with Crippen molar-refractivity contribution in [1.29, 1.82) is 0 Å². The maximum atomic E-state index is 11.5. The lowest BCUT2D eigenvalue weighted by molar-refractivity contribution is -0.121. The van der Waals surface area contributed by atoms with Crippen molar-refractivity contribution < 1.29 is 9.59 Å². The van der Waals surface area contributed by atoms with Crippen molar-refractivity contribution in [3.63, 3.8) is 0 Å². The zero-order valence-electron chi connectivity index (χ0n) is 10.6. The minimum atomic E-state index is -0.0762. The molecule has 0 aliphatic carbocycles. The van der Waals surface area contributed by atoms with Crippen molar-refractivity contribution in [3.05, 3.63) is 29.8 Å². The van der Waals surface area contributed by atoms with Crippen LogP contribution in [0.15, 0.2) is 24.3 Å². The van der Waals surface area contributed by atoms with Gasteiger partial charge in [-0.25, -0.2) is 0 Å². The first-order chi connectivity index (χ1) is 7.99. The average Bonchev–Trinajstić information content (AvgIpc) is 2.26. The molecule has 1 N–H and O–H groups in total. The monoisotopic (exact) mass is 233 g/mol. The third-order valence-electron chi connectivity index (χ3n) is 2.58. The van der Waals surface area contributed by atoms with Crippen LogP contribution in [-0.2, 0) is 16.0 Å². The Labute approximate surface area is 102 Å². The van der Waals surface area contributed by atoms with Gasteiger partial charge in [0.1, 0.15) is 5.78 Å². The van der Waals surface area contributed by atoms with E-state index in [1.54, 1.807) is 0 Å². The van der Waals surface area contributed by atoms with Crippen molar-refractivity contribution in [3.8, 4) is 0 Å². The van der Waals surface area contributed by atoms with Crippen LogP contribution in [0.1, 0.15) is 32.8 Å². The van der Waals surface area contributed by atoms with E-state index >= 15 is 0 Å². The summed E-state index contributed by atoms with van der Waals surface area (Å²) < 4.78 is 0. The molecule has 0 heterocycles. The van der Waals surface area contributed by atoms with Crippen molar-refractivity contribution >= 4 is 17.4 Å². The Balaban J connectivity index is 2.51. The number of amides is 1. The van der Waals surface area contributed by atoms with Gasteiger partial charge in [0.25, 0.3) is 0 Å². The summed E-state index contributed by atoms with van der Waals surface area (Å²) in [6, 6.07) is 7.60. The topological polar surface area (TPSA) is 46.2 Å². The SMILES string of the molecule is CC(=O)Nc1ccc(CCC(=O)C(C)C)cc1. The summed E-state index contributed by atoms with van der Waals surface area (Å²) >= 11 is 0. The fourth-order valence-corrected chi connectivity index (χ4v) is 1.51. The molecule has 0 radical (unpaired) electrons. The summed E-state index contributed by atoms with van der Waals surface area (Å²) in [6.07, 6.45) is 1.34. The summed E-state index contributed by atoms with van der Waals surface area (Å²) in [6.45, 7) is 5.32. The zero-order valence-corrected chi connectivity index (χ0v) is 10.6. The number of benzene rings is 1. The summed E-state index contributed by atoms with van der Waals surface area (Å²) in [4.78, 5) is 22.3. The van der Waals surface area contributed by atoms with E-state index in [-0.39, 0.29) is 17.6 Å². The van der Waals surface area contributed by atoms with Crippen molar-refractivity contribution in [2.45, 2.75) is 33.6 Å². The normalized spacial score (nSPS) is 10.4. The molecule has 1 amide bonds. The van der Waals surface area contributed by atoms with E-state index in [2.05, 4.69) is 5.32 Å². The standard InChI is InChI=1S/C14H19NO2/c1-10(2)14(17)9-6-12-4-7-13(8-5-12)15-11(3)16/h4-5,7-8,10H,6,9H2,1-3H3,(H,15,16). The van der Waals surface area contributed by atoms with E-state index in [9.17, 15) is 9.59 Å². The van der Waals surface area contributed by atoms with E-state index in [1.165, 1.54) is 6.92 Å². The Hall–Kier alpha value is -1.64. The highest BCUT2D eigenvalue weighted by molar-refractivity contribution is 5.88. The third-order valence-corrected chi connectivity index (χ3v) is 2.58. The van der Waals surface area contributed by atoms with Crippen molar-refractivity contribution in [1.82, 2.24) is 0 Å². The van der Waals surface area contributed by atoms with Gasteiger partial charge in [0.05, 0.1) is 0 Å². The predicted molar refractivity (Wildman–Crippen MR) is 68.9 cm³/mol. The van der Waals surface area contributed by atoms with Gasteiger partial charge in [-0.2, -0.15) is 0 Å². The molecule has 0 saturated carbocycles. The molecule has 1 aromatic carbocycles. The van der Waals surface area contributed by atoms with Gasteiger partial charge in [0, 0.05) is 24.9 Å². The molecule has 17 heavy (non-hydrogen) atoms. The van der Waals surface area contributed by atoms with Crippen molar-refractivity contribution in [2.24, 2.45) is 5.92 Å². The molecule has 0 aromatic heterocycles. The van der Waals surface area contributed by atoms with Crippen LogP contribution in [0, 0.1) is 5.92 Å². The highest BCUT2D eigenvalue weighted by Crippen LogP contribution is 2.12. The molecule has 0 atom stereocenters. The van der Waals surface area contributed by atoms with Crippen LogP contribution in [0.2, 0.25) is 0 Å². The molecule has 3 heteroatoms. The quantitative estimate of drug-likeness (QED) is 0.850. The van der Waals surface area contributed by atoms with Crippen LogP contribution in [0.4, 0.5) is 5.69 Å². The molecular formula is C14H19NO2. The predicted octanol–water partition coefficient (Wildman–Crippen LogP) is 2.80. The molecule has 0 aliphatic heterocycles. The summed E-state index contributed by atoms with van der Waals surface area (Å²) in [5, 5.41) is 2.71. The van der Waals surface area contributed by atoms with Crippen LogP contribution < -0.4 is 5.32 Å². The van der Waals surface area contributed by atoms with Crippen LogP contribution in [0.25, 0.3) is 0 Å². The Bertz CT molecular complexity index is 393. The van der Waals surface area contributed by atoms with E-state index in [1.807, 2.05) is 38.1 Å². The van der Waals surface area contributed by atoms with E-state index in [0.29, 0.717) is 6.42 Å². The lowest BCUT2D eigenvalue weighted by atomic mass is 10.0. The maximum Gasteiger partial charge on any atom is 0.221 e. The van der Waals surface area contributed by atoms with Crippen LogP contribution >= 0.6 is 0 Å². The van der Waals surface area contributed by atoms with E-state index in [4.69, 9.17) is 0 Å². The van der Waals surface area contributed by atoms with E-state index < -0.39 is 0 Å². The smallest absolute Gasteiger partial charge is 0.221 e. The van der Waals surface area contributed by atoms with Crippen molar-refractivity contribution in [2.75, 3.05) is 5.32 Å². The highest BCUT2D eigenvalue weighted by atomic mass is 16.1. The first-order valence-electron chi connectivity index (χ1n) is 5.88. The van der Waals surface area contributed by atoms with Gasteiger partial charge in [0.2, 0.25) is 5.91 Å². The highest BCUT2D eigenvalue weighted by Gasteiger charge is 2.07. The average molecular weight is 233 g/mol. The minimum absolute atomic E-state index is 0.0762. The molecule has 0 bridgehead atoms. The zero-order chi connectivity index (χ0) is 12.8. The lowest BCUT2D eigenvalue weighted by Gasteiger charge is -2.06. The first-order valence-corrected chi connectivity index (χ1v) is 5.88. The van der Waals surface area contributed by atoms with Crippen LogP contribution in [-0.4, -0.2) is 11.7 Å². The number of Topliss-reactive ketones (excluding diaryl/α,β-unsaturated/α-hetero) is 1. The molecule has 0 saturated heterocycles. The second kappa shape index (κ2) is 6.18. The van der Waals surface area contributed by atoms with Gasteiger partial charge in [0.15, 0.2) is 0 Å². The number of anilines is 1. The Kier molecular flexibility index (Phi) is 4.88. The molecule has 1 rings (SSSR count). The molecular weight excluding hydrogens is 214 g/mol. The molecule has 92 valence electrons. The van der Waals surface area contributed by atoms with Gasteiger partial charge in [-0.15, -0.1) is 0 Å². The molecule has 3 nitrogen and oxygen atoms in total. The Morgan fingerprint density at radius 3 is 2.24 bits per heavy atom. The summed E-state index contributed by atoms with van der Waals surface area (Å²) in [5.41, 5.74) is 1.91. The number of aryl methyl sites for hydroxylation is 1. The van der Waals surface area contributed by atoms with Gasteiger partial charge in [-0.3, -0.25) is 9.59 Å². The second-order valence-corrected chi connectivity index (χ2v) is 4.50. The number of nitrogens with one attached hydrogen (secondary N) is 1. The van der Waals surface area contributed by atoms with Gasteiger partial charge >= 0.3 is 0 Å². The Morgan fingerprint density at radius 2 is 1.76 bits per heavy atom. The largest absolute Gasteiger partial charge is 0.326 e. The van der Waals surface area contributed by atoms with Crippen LogP contribution in [0.3, 0.4) is 0 Å². The number of ketones is 1. The first kappa shape index (κ1) is 13.4. The number of hydrogen-bond acceptors (Lipinski definition) is 2. The third kappa shape index (κ3) is 4.81. The molecule has 0 unspecified atom stereocenters. The van der Waals surface area contributed by atoms with Gasteiger partial charge in [-0.05, 0) is 24.1 Å². The second-order valence-electron chi connectivity index (χ2n) is 4.50. The van der Waals surface area contributed by atoms with Gasteiger partial charge < -0.3 is 5.32 Å². The number of rotatable bonds is 5. The number of carbonyl (C=O) groups excluding carboxylic acids is 2. The minimum Gasteiger partial charge on any atom is -0.326 e. The van der Waals surface area contributed by atoms with Gasteiger partial charge in [-0.1, -0.05) is 26.0 Å². The molecule has 1 aromatic rings. The molecule has 0 fully saturated rings. The molecule has 0 aliphatic rings. The number of hydrogen-bond donors (Lipinski definition) is 1. The number of carbonyl (C=O) groups is 2.